The molecule has 1 fully saturated rings. The van der Waals surface area contributed by atoms with Crippen molar-refractivity contribution in [3.63, 3.8) is 0 Å². The first-order chi connectivity index (χ1) is 15.6. The molecule has 0 aliphatic heterocycles. The topological polar surface area (TPSA) is 34.4 Å². The van der Waals surface area contributed by atoms with Crippen LogP contribution >= 0.6 is 0 Å². The average molecular weight is 432 g/mol. The quantitative estimate of drug-likeness (QED) is 0.372. The van der Waals surface area contributed by atoms with Gasteiger partial charge < -0.3 is 14.4 Å². The van der Waals surface area contributed by atoms with Crippen molar-refractivity contribution >= 4 is 10.9 Å². The number of rotatable bonds is 5. The van der Waals surface area contributed by atoms with Crippen LogP contribution in [0.15, 0.2) is 72.8 Å². The second kappa shape index (κ2) is 9.58. The summed E-state index contributed by atoms with van der Waals surface area (Å²) < 4.78 is 22.0. The van der Waals surface area contributed by atoms with Crippen molar-refractivity contribution in [3.8, 4) is 11.4 Å². The highest BCUT2D eigenvalue weighted by atomic mass is 19.1. The van der Waals surface area contributed by atoms with Crippen LogP contribution in [0.2, 0.25) is 0 Å². The van der Waals surface area contributed by atoms with E-state index in [1.165, 1.54) is 17.8 Å². The lowest BCUT2D eigenvalue weighted by Crippen LogP contribution is -2.28. The highest BCUT2D eigenvalue weighted by molar-refractivity contribution is 5.92. The standard InChI is InChI=1S/C26H24FNO2.C2H6/c1-17-25-23(8-5-9-24(25)30-16-18-6-3-2-4-7-18)28(21-12-10-20(27)11-13-21)26(17)19-14-22(29)15-19;1-2/h2-13,19,22,29H,14-16H2,1H3;1-2H3. The minimum Gasteiger partial charge on any atom is -0.488 e. The first-order valence-corrected chi connectivity index (χ1v) is 11.4. The molecule has 0 spiro atoms. The van der Waals surface area contributed by atoms with E-state index in [1.54, 1.807) is 0 Å². The van der Waals surface area contributed by atoms with E-state index >= 15 is 0 Å². The van der Waals surface area contributed by atoms with Crippen molar-refractivity contribution in [1.29, 1.82) is 0 Å². The molecule has 4 heteroatoms. The van der Waals surface area contributed by atoms with Crippen LogP contribution in [-0.2, 0) is 6.61 Å². The van der Waals surface area contributed by atoms with Gasteiger partial charge in [-0.2, -0.15) is 0 Å². The Morgan fingerprint density at radius 1 is 0.938 bits per heavy atom. The summed E-state index contributed by atoms with van der Waals surface area (Å²) >= 11 is 0. The van der Waals surface area contributed by atoms with Crippen LogP contribution in [0.25, 0.3) is 16.6 Å². The van der Waals surface area contributed by atoms with Crippen LogP contribution in [0, 0.1) is 12.7 Å². The minimum absolute atomic E-state index is 0.247. The normalized spacial score (nSPS) is 17.4. The fourth-order valence-electron chi connectivity index (χ4n) is 4.53. The highest BCUT2D eigenvalue weighted by Crippen LogP contribution is 2.45. The number of hydrogen-bond acceptors (Lipinski definition) is 2. The molecule has 1 saturated carbocycles. The summed E-state index contributed by atoms with van der Waals surface area (Å²) in [6.45, 7) is 6.62. The van der Waals surface area contributed by atoms with E-state index in [-0.39, 0.29) is 17.8 Å². The van der Waals surface area contributed by atoms with E-state index in [4.69, 9.17) is 4.74 Å². The predicted octanol–water partition coefficient (Wildman–Crippen LogP) is 6.92. The minimum atomic E-state index is -0.251. The summed E-state index contributed by atoms with van der Waals surface area (Å²) in [7, 11) is 0. The van der Waals surface area contributed by atoms with Crippen LogP contribution in [0.5, 0.6) is 5.75 Å². The molecular weight excluding hydrogens is 401 g/mol. The number of aryl methyl sites for hydroxylation is 1. The lowest BCUT2D eigenvalue weighted by atomic mass is 9.79. The zero-order valence-electron chi connectivity index (χ0n) is 18.9. The Morgan fingerprint density at radius 3 is 2.28 bits per heavy atom. The molecule has 32 heavy (non-hydrogen) atoms. The van der Waals surface area contributed by atoms with Gasteiger partial charge in [0.1, 0.15) is 18.2 Å². The molecule has 0 radical (unpaired) electrons. The number of nitrogens with zero attached hydrogens (tertiary/aromatic N) is 1. The Hall–Kier alpha value is -3.11. The maximum absolute atomic E-state index is 13.6. The fraction of sp³-hybridized carbons (Fsp3) is 0.286. The number of aliphatic hydroxyl groups excluding tert-OH is 1. The molecule has 166 valence electrons. The monoisotopic (exact) mass is 431 g/mol. The highest BCUT2D eigenvalue weighted by Gasteiger charge is 2.34. The van der Waals surface area contributed by atoms with E-state index in [0.717, 1.165) is 46.3 Å². The van der Waals surface area contributed by atoms with Crippen molar-refractivity contribution in [2.75, 3.05) is 0 Å². The molecule has 0 atom stereocenters. The van der Waals surface area contributed by atoms with Gasteiger partial charge in [-0.1, -0.05) is 50.2 Å². The molecule has 0 unspecified atom stereocenters. The molecule has 0 bridgehead atoms. The number of hydrogen-bond donors (Lipinski definition) is 1. The number of aromatic nitrogens is 1. The van der Waals surface area contributed by atoms with Gasteiger partial charge in [-0.3, -0.25) is 0 Å². The Bertz CT molecular complexity index is 1180. The zero-order valence-corrected chi connectivity index (χ0v) is 18.9. The molecule has 1 aliphatic carbocycles. The van der Waals surface area contributed by atoms with Gasteiger partial charge in [0.15, 0.2) is 0 Å². The average Bonchev–Trinajstić information content (AvgIpc) is 3.10. The third-order valence-electron chi connectivity index (χ3n) is 6.07. The van der Waals surface area contributed by atoms with Crippen molar-refractivity contribution in [3.05, 3.63) is 95.4 Å². The number of halogens is 1. The van der Waals surface area contributed by atoms with Gasteiger partial charge in [-0.05, 0) is 67.3 Å². The molecule has 0 amide bonds. The summed E-state index contributed by atoms with van der Waals surface area (Å²) in [5, 5.41) is 11.0. The fourth-order valence-corrected chi connectivity index (χ4v) is 4.53. The van der Waals surface area contributed by atoms with Crippen LogP contribution in [0.3, 0.4) is 0 Å². The summed E-state index contributed by atoms with van der Waals surface area (Å²) in [6, 6.07) is 22.8. The predicted molar refractivity (Wildman–Crippen MR) is 128 cm³/mol. The first kappa shape index (κ1) is 22.1. The Labute approximate surface area is 189 Å². The van der Waals surface area contributed by atoms with E-state index in [0.29, 0.717) is 6.61 Å². The van der Waals surface area contributed by atoms with E-state index in [2.05, 4.69) is 29.7 Å². The molecule has 3 nitrogen and oxygen atoms in total. The molecule has 3 aromatic carbocycles. The third-order valence-corrected chi connectivity index (χ3v) is 6.07. The number of benzene rings is 3. The van der Waals surface area contributed by atoms with E-state index in [1.807, 2.05) is 56.3 Å². The Kier molecular flexibility index (Phi) is 6.61. The van der Waals surface area contributed by atoms with Gasteiger partial charge in [0.2, 0.25) is 0 Å². The Balaban J connectivity index is 0.00000119. The summed E-state index contributed by atoms with van der Waals surface area (Å²) in [4.78, 5) is 0. The van der Waals surface area contributed by atoms with E-state index in [9.17, 15) is 9.50 Å². The molecule has 1 heterocycles. The van der Waals surface area contributed by atoms with Gasteiger partial charge in [0, 0.05) is 22.7 Å². The molecule has 1 N–H and O–H groups in total. The van der Waals surface area contributed by atoms with Gasteiger partial charge in [0.05, 0.1) is 11.6 Å². The summed E-state index contributed by atoms with van der Waals surface area (Å²) in [5.41, 5.74) is 5.42. The third kappa shape index (κ3) is 4.15. The molecule has 1 aliphatic rings. The van der Waals surface area contributed by atoms with Crippen molar-refractivity contribution in [2.24, 2.45) is 0 Å². The lowest BCUT2D eigenvalue weighted by molar-refractivity contribution is 0.0726. The number of ether oxygens (including phenoxy) is 1. The van der Waals surface area contributed by atoms with E-state index < -0.39 is 0 Å². The molecule has 4 aromatic rings. The van der Waals surface area contributed by atoms with Crippen molar-refractivity contribution < 1.29 is 14.2 Å². The summed E-state index contributed by atoms with van der Waals surface area (Å²) in [5.74, 6) is 0.870. The maximum atomic E-state index is 13.6. The van der Waals surface area contributed by atoms with Gasteiger partial charge in [-0.25, -0.2) is 4.39 Å². The van der Waals surface area contributed by atoms with Crippen LogP contribution in [-0.4, -0.2) is 15.8 Å². The van der Waals surface area contributed by atoms with Crippen molar-refractivity contribution in [1.82, 2.24) is 4.57 Å². The van der Waals surface area contributed by atoms with Gasteiger partial charge >= 0.3 is 0 Å². The molecule has 0 saturated heterocycles. The second-order valence-electron chi connectivity index (χ2n) is 8.07. The van der Waals surface area contributed by atoms with Gasteiger partial charge in [-0.15, -0.1) is 0 Å². The van der Waals surface area contributed by atoms with Crippen molar-refractivity contribution in [2.45, 2.75) is 52.2 Å². The molecule has 1 aromatic heterocycles. The largest absolute Gasteiger partial charge is 0.488 e. The number of aliphatic hydroxyl groups is 1. The molecular formula is C28H30FNO2. The summed E-state index contributed by atoms with van der Waals surface area (Å²) in [6.07, 6.45) is 1.25. The second-order valence-corrected chi connectivity index (χ2v) is 8.07. The van der Waals surface area contributed by atoms with Crippen LogP contribution in [0.4, 0.5) is 4.39 Å². The first-order valence-electron chi connectivity index (χ1n) is 11.4. The molecule has 5 rings (SSSR count). The lowest BCUT2D eigenvalue weighted by Gasteiger charge is -2.33. The smallest absolute Gasteiger partial charge is 0.129 e. The maximum Gasteiger partial charge on any atom is 0.129 e. The number of fused-ring (bicyclic) bond motifs is 1. The van der Waals surface area contributed by atoms with Crippen LogP contribution < -0.4 is 4.74 Å². The zero-order chi connectivity index (χ0) is 22.7. The SMILES string of the molecule is CC.Cc1c(C2CC(O)C2)n(-c2ccc(F)cc2)c2cccc(OCc3ccccc3)c12. The Morgan fingerprint density at radius 2 is 1.62 bits per heavy atom. The van der Waals surface area contributed by atoms with Crippen LogP contribution in [0.1, 0.15) is 49.4 Å². The van der Waals surface area contributed by atoms with Gasteiger partial charge in [0.25, 0.3) is 0 Å².